The number of hydrogen-bond donors (Lipinski definition) is 1. The van der Waals surface area contributed by atoms with Crippen molar-refractivity contribution in [2.45, 2.75) is 11.9 Å². The Morgan fingerprint density at radius 3 is 2.44 bits per heavy atom. The lowest BCUT2D eigenvalue weighted by molar-refractivity contribution is 0.0551. The summed E-state index contributed by atoms with van der Waals surface area (Å²) in [5, 5.41) is 2.99. The highest BCUT2D eigenvalue weighted by molar-refractivity contribution is 6.33. The highest BCUT2D eigenvalue weighted by Gasteiger charge is 2.35. The van der Waals surface area contributed by atoms with Crippen LogP contribution in [-0.2, 0) is 11.9 Å². The molecule has 4 aromatic rings. The van der Waals surface area contributed by atoms with Gasteiger partial charge in [-0.15, -0.1) is 0 Å². The fourth-order valence-corrected chi connectivity index (χ4v) is 3.64. The number of methoxy groups -OCH3 is 1. The van der Waals surface area contributed by atoms with Gasteiger partial charge in [-0.05, 0) is 29.3 Å². The van der Waals surface area contributed by atoms with Crippen molar-refractivity contribution in [1.29, 1.82) is 0 Å². The zero-order chi connectivity index (χ0) is 24.6. The van der Waals surface area contributed by atoms with E-state index in [4.69, 9.17) is 27.9 Å². The number of rotatable bonds is 8. The van der Waals surface area contributed by atoms with Crippen LogP contribution >= 0.6 is 23.2 Å². The molecule has 3 aromatic carbocycles. The molecule has 0 aliphatic rings. The molecule has 0 bridgehead atoms. The summed E-state index contributed by atoms with van der Waals surface area (Å²) in [5.74, 6) is -0.623. The number of hydrogen-bond acceptors (Lipinski definition) is 8. The molecule has 0 spiro atoms. The third-order valence-corrected chi connectivity index (χ3v) is 5.49. The third-order valence-electron chi connectivity index (χ3n) is 5.01. The van der Waals surface area contributed by atoms with Gasteiger partial charge in [0.05, 0.1) is 12.1 Å². The first kappa shape index (κ1) is 23.7. The van der Waals surface area contributed by atoms with Gasteiger partial charge in [0.1, 0.15) is 22.8 Å². The minimum Gasteiger partial charge on any atom is -0.495 e. The molecule has 176 valence electrons. The topological polar surface area (TPSA) is 97.6 Å². The van der Waals surface area contributed by atoms with E-state index in [1.807, 2.05) is 0 Å². The Morgan fingerprint density at radius 1 is 1.12 bits per heavy atom. The quantitative estimate of drug-likeness (QED) is 0.271. The maximum Gasteiger partial charge on any atom is 0.400 e. The van der Waals surface area contributed by atoms with Crippen molar-refractivity contribution in [2.75, 3.05) is 24.4 Å². The normalized spacial score (nSPS) is 11.6. The first-order valence-electron chi connectivity index (χ1n) is 9.74. The second-order valence-electron chi connectivity index (χ2n) is 7.30. The van der Waals surface area contributed by atoms with Crippen molar-refractivity contribution in [1.82, 2.24) is 10.1 Å². The van der Waals surface area contributed by atoms with Crippen molar-refractivity contribution in [2.24, 2.45) is 0 Å². The summed E-state index contributed by atoms with van der Waals surface area (Å²) in [7, 11) is 3.12. The number of benzene rings is 2. The molecular formula is C22H16Cl2F2N4O4. The minimum absolute atomic E-state index is 0.0436. The standard InChI is InChI=1S/C22H16Cl2F2N4O4/c1-30(10-11-6-8-12(9-7-11)20-28-21(34-29-20)22(24,25)26)17-16(18(31)19(17)32)27-15-13(23)4-3-5-14(15)33-2/h3-9,27H,10H2,1-2H3. The van der Waals surface area contributed by atoms with E-state index >= 15 is 0 Å². The fraction of sp³-hybridized carbons (Fsp3) is 0.182. The third kappa shape index (κ3) is 4.46. The molecule has 0 aliphatic carbocycles. The van der Waals surface area contributed by atoms with Crippen LogP contribution in [0.2, 0.25) is 5.02 Å². The van der Waals surface area contributed by atoms with Gasteiger partial charge in [-0.1, -0.05) is 47.1 Å². The second kappa shape index (κ2) is 9.03. The Balaban J connectivity index is 1.53. The summed E-state index contributed by atoms with van der Waals surface area (Å²) < 4.78 is 35.9. The fourth-order valence-electron chi connectivity index (χ4n) is 3.35. The first-order valence-corrected chi connectivity index (χ1v) is 10.5. The Morgan fingerprint density at radius 2 is 1.82 bits per heavy atom. The minimum atomic E-state index is -3.76. The highest BCUT2D eigenvalue weighted by atomic mass is 35.5. The molecule has 0 saturated heterocycles. The van der Waals surface area contributed by atoms with Crippen molar-refractivity contribution in [3.8, 4) is 17.1 Å². The lowest BCUT2D eigenvalue weighted by atomic mass is 10.1. The van der Waals surface area contributed by atoms with Crippen molar-refractivity contribution >= 4 is 40.3 Å². The monoisotopic (exact) mass is 508 g/mol. The van der Waals surface area contributed by atoms with E-state index in [1.165, 1.54) is 7.11 Å². The molecular weight excluding hydrogens is 493 g/mol. The largest absolute Gasteiger partial charge is 0.495 e. The smallest absolute Gasteiger partial charge is 0.400 e. The maximum absolute atomic E-state index is 13.1. The number of para-hydroxylation sites is 1. The number of nitrogens with one attached hydrogen (secondary N) is 1. The van der Waals surface area contributed by atoms with Gasteiger partial charge >= 0.3 is 11.3 Å². The predicted molar refractivity (Wildman–Crippen MR) is 124 cm³/mol. The summed E-state index contributed by atoms with van der Waals surface area (Å²) in [6, 6.07) is 11.6. The van der Waals surface area contributed by atoms with E-state index in [0.29, 0.717) is 22.0 Å². The number of anilines is 3. The van der Waals surface area contributed by atoms with E-state index in [9.17, 15) is 18.4 Å². The van der Waals surface area contributed by atoms with Crippen LogP contribution in [-0.4, -0.2) is 24.3 Å². The van der Waals surface area contributed by atoms with Crippen molar-refractivity contribution < 1.29 is 18.0 Å². The van der Waals surface area contributed by atoms with Crippen LogP contribution in [0.25, 0.3) is 11.4 Å². The molecule has 4 rings (SSSR count). The van der Waals surface area contributed by atoms with Crippen LogP contribution in [0.5, 0.6) is 5.75 Å². The number of ether oxygens (including phenoxy) is 1. The van der Waals surface area contributed by atoms with Gasteiger partial charge in [-0.3, -0.25) is 9.59 Å². The zero-order valence-electron chi connectivity index (χ0n) is 17.7. The summed E-state index contributed by atoms with van der Waals surface area (Å²) >= 11 is 11.1. The lowest BCUT2D eigenvalue weighted by Crippen LogP contribution is -2.40. The number of nitrogens with zero attached hydrogens (tertiary/aromatic N) is 3. The Bertz CT molecular complexity index is 1410. The molecule has 12 heteroatoms. The maximum atomic E-state index is 13.1. The molecule has 8 nitrogen and oxygen atoms in total. The molecule has 0 amide bonds. The van der Waals surface area contributed by atoms with Crippen LogP contribution < -0.4 is 25.8 Å². The summed E-state index contributed by atoms with van der Waals surface area (Å²) in [5.41, 5.74) is 0.591. The van der Waals surface area contributed by atoms with Gasteiger partial charge in [0.25, 0.3) is 10.9 Å². The summed E-state index contributed by atoms with van der Waals surface area (Å²) in [6.07, 6.45) is 0. The molecule has 1 aromatic heterocycles. The van der Waals surface area contributed by atoms with Crippen LogP contribution in [0.1, 0.15) is 11.5 Å². The Kier molecular flexibility index (Phi) is 6.28. The van der Waals surface area contributed by atoms with Gasteiger partial charge in [-0.25, -0.2) is 0 Å². The lowest BCUT2D eigenvalue weighted by Gasteiger charge is -2.24. The number of alkyl halides is 3. The van der Waals surface area contributed by atoms with E-state index in [-0.39, 0.29) is 23.7 Å². The molecule has 1 heterocycles. The van der Waals surface area contributed by atoms with E-state index < -0.39 is 22.1 Å². The van der Waals surface area contributed by atoms with Gasteiger partial charge in [0.2, 0.25) is 5.82 Å². The second-order valence-corrected chi connectivity index (χ2v) is 8.18. The van der Waals surface area contributed by atoms with Crippen LogP contribution in [0.3, 0.4) is 0 Å². The van der Waals surface area contributed by atoms with Gasteiger partial charge in [-0.2, -0.15) is 13.8 Å². The van der Waals surface area contributed by atoms with Crippen LogP contribution in [0, 0.1) is 0 Å². The Hall–Kier alpha value is -3.50. The van der Waals surface area contributed by atoms with E-state index in [2.05, 4.69) is 20.0 Å². The predicted octanol–water partition coefficient (Wildman–Crippen LogP) is 4.66. The summed E-state index contributed by atoms with van der Waals surface area (Å²) in [4.78, 5) is 29.8. The van der Waals surface area contributed by atoms with Crippen molar-refractivity contribution in [3.05, 3.63) is 79.4 Å². The van der Waals surface area contributed by atoms with E-state index in [1.54, 1.807) is 54.4 Å². The molecule has 34 heavy (non-hydrogen) atoms. The molecule has 0 saturated carbocycles. The average Bonchev–Trinajstić information content (AvgIpc) is 3.31. The Labute approximate surface area is 201 Å². The number of halogens is 4. The van der Waals surface area contributed by atoms with Crippen LogP contribution in [0.15, 0.2) is 56.6 Å². The SMILES string of the molecule is COc1cccc(Cl)c1Nc1c(N(C)Cc2ccc(-c3noc(C(F)(F)Cl)n3)cc2)c(=O)c1=O. The molecule has 0 atom stereocenters. The van der Waals surface area contributed by atoms with Crippen molar-refractivity contribution in [3.63, 3.8) is 0 Å². The van der Waals surface area contributed by atoms with Gasteiger partial charge in [0.15, 0.2) is 0 Å². The zero-order valence-corrected chi connectivity index (χ0v) is 19.2. The molecule has 0 fully saturated rings. The van der Waals surface area contributed by atoms with Crippen LogP contribution in [0.4, 0.5) is 25.8 Å². The molecule has 0 aliphatic heterocycles. The molecule has 0 unspecified atom stereocenters. The average molecular weight is 509 g/mol. The number of aromatic nitrogens is 2. The van der Waals surface area contributed by atoms with E-state index in [0.717, 1.165) is 5.56 Å². The summed E-state index contributed by atoms with van der Waals surface area (Å²) in [6.45, 7) is 0.275. The van der Waals surface area contributed by atoms with Gasteiger partial charge < -0.3 is 19.5 Å². The van der Waals surface area contributed by atoms with Gasteiger partial charge in [0, 0.05) is 19.2 Å². The molecule has 0 radical (unpaired) electrons. The molecule has 1 N–H and O–H groups in total. The highest BCUT2D eigenvalue weighted by Crippen LogP contribution is 2.36. The first-order chi connectivity index (χ1) is 16.1.